The minimum atomic E-state index is -0.0898. The van der Waals surface area contributed by atoms with E-state index in [0.29, 0.717) is 24.2 Å². The van der Waals surface area contributed by atoms with Crippen LogP contribution in [0.4, 0.5) is 0 Å². The van der Waals surface area contributed by atoms with Crippen LogP contribution in [0.3, 0.4) is 0 Å². The number of aromatic nitrogens is 1. The molecule has 0 aliphatic heterocycles. The second kappa shape index (κ2) is 6.93. The highest BCUT2D eigenvalue weighted by Crippen LogP contribution is 2.08. The Morgan fingerprint density at radius 3 is 2.59 bits per heavy atom. The van der Waals surface area contributed by atoms with Crippen LogP contribution < -0.4 is 5.32 Å². The number of hydrogen-bond donors (Lipinski definition) is 1. The van der Waals surface area contributed by atoms with E-state index in [4.69, 9.17) is 0 Å². The van der Waals surface area contributed by atoms with Gasteiger partial charge in [0.05, 0.1) is 0 Å². The maximum atomic E-state index is 12.0. The highest BCUT2D eigenvalue weighted by Gasteiger charge is 2.09. The summed E-state index contributed by atoms with van der Waals surface area (Å²) >= 11 is 0. The Morgan fingerprint density at radius 2 is 1.95 bits per heavy atom. The molecule has 0 aliphatic carbocycles. The molecule has 22 heavy (non-hydrogen) atoms. The molecular weight excluding hydrogens is 278 g/mol. The van der Waals surface area contributed by atoms with Crippen LogP contribution in [0.5, 0.6) is 0 Å². The third kappa shape index (κ3) is 3.75. The minimum absolute atomic E-state index is 0.0188. The van der Waals surface area contributed by atoms with Crippen molar-refractivity contribution < 1.29 is 9.59 Å². The Balaban J connectivity index is 1.92. The predicted molar refractivity (Wildman–Crippen MR) is 85.9 cm³/mol. The molecular formula is C17H21N3O2. The summed E-state index contributed by atoms with van der Waals surface area (Å²) in [5, 5.41) is 2.89. The van der Waals surface area contributed by atoms with E-state index in [1.54, 1.807) is 35.7 Å². The smallest absolute Gasteiger partial charge is 0.267 e. The zero-order valence-corrected chi connectivity index (χ0v) is 13.2. The van der Waals surface area contributed by atoms with Crippen molar-refractivity contribution in [2.45, 2.75) is 6.42 Å². The Bertz CT molecular complexity index is 674. The van der Waals surface area contributed by atoms with Gasteiger partial charge in [0.25, 0.3) is 11.8 Å². The van der Waals surface area contributed by atoms with Crippen LogP contribution in [0.15, 0.2) is 42.6 Å². The largest absolute Gasteiger partial charge is 0.350 e. The van der Waals surface area contributed by atoms with Crippen LogP contribution in [0.1, 0.15) is 26.4 Å². The molecule has 1 aromatic carbocycles. The first kappa shape index (κ1) is 15.8. The van der Waals surface area contributed by atoms with E-state index in [9.17, 15) is 9.59 Å². The molecule has 5 heteroatoms. The zero-order chi connectivity index (χ0) is 16.1. The van der Waals surface area contributed by atoms with Gasteiger partial charge in [0.15, 0.2) is 0 Å². The summed E-state index contributed by atoms with van der Waals surface area (Å²) in [5.41, 5.74) is 2.33. The van der Waals surface area contributed by atoms with Gasteiger partial charge in [-0.1, -0.05) is 12.1 Å². The van der Waals surface area contributed by atoms with Gasteiger partial charge in [-0.15, -0.1) is 0 Å². The Labute approximate surface area is 130 Å². The first-order chi connectivity index (χ1) is 10.5. The van der Waals surface area contributed by atoms with Gasteiger partial charge in [0, 0.05) is 39.4 Å². The number of rotatable bonds is 5. The van der Waals surface area contributed by atoms with Crippen LogP contribution in [-0.4, -0.2) is 41.9 Å². The molecule has 2 aromatic rings. The molecule has 0 fully saturated rings. The molecule has 0 atom stereocenters. The predicted octanol–water partition coefficient (Wildman–Crippen LogP) is 1.70. The molecule has 0 unspecified atom stereocenters. The fourth-order valence-corrected chi connectivity index (χ4v) is 2.23. The molecule has 0 bridgehead atoms. The fourth-order valence-electron chi connectivity index (χ4n) is 2.23. The Hall–Kier alpha value is -2.56. The molecule has 0 aliphatic rings. The number of carbonyl (C=O) groups is 2. The molecule has 2 amide bonds. The average molecular weight is 299 g/mol. The van der Waals surface area contributed by atoms with Crippen molar-refractivity contribution in [3.8, 4) is 0 Å². The molecule has 1 heterocycles. The molecule has 5 nitrogen and oxygen atoms in total. The summed E-state index contributed by atoms with van der Waals surface area (Å²) in [4.78, 5) is 25.5. The lowest BCUT2D eigenvalue weighted by Crippen LogP contribution is -2.27. The molecule has 0 radical (unpaired) electrons. The third-order valence-electron chi connectivity index (χ3n) is 3.46. The van der Waals surface area contributed by atoms with E-state index >= 15 is 0 Å². The second-order valence-electron chi connectivity index (χ2n) is 5.41. The zero-order valence-electron chi connectivity index (χ0n) is 13.2. The van der Waals surface area contributed by atoms with Crippen molar-refractivity contribution in [1.82, 2.24) is 14.8 Å². The van der Waals surface area contributed by atoms with Crippen LogP contribution >= 0.6 is 0 Å². The first-order valence-corrected chi connectivity index (χ1v) is 7.19. The summed E-state index contributed by atoms with van der Waals surface area (Å²) in [6, 6.07) is 11.1. The summed E-state index contributed by atoms with van der Waals surface area (Å²) < 4.78 is 1.78. The fraction of sp³-hybridized carbons (Fsp3) is 0.294. The highest BCUT2D eigenvalue weighted by atomic mass is 16.2. The van der Waals surface area contributed by atoms with Crippen molar-refractivity contribution in [3.05, 3.63) is 59.4 Å². The number of benzene rings is 1. The van der Waals surface area contributed by atoms with E-state index < -0.39 is 0 Å². The van der Waals surface area contributed by atoms with Gasteiger partial charge < -0.3 is 14.8 Å². The second-order valence-corrected chi connectivity index (χ2v) is 5.41. The Morgan fingerprint density at radius 1 is 1.18 bits per heavy atom. The Kier molecular flexibility index (Phi) is 4.99. The van der Waals surface area contributed by atoms with E-state index in [0.717, 1.165) is 5.56 Å². The number of nitrogens with zero attached hydrogens (tertiary/aromatic N) is 2. The number of nitrogens with one attached hydrogen (secondary N) is 1. The van der Waals surface area contributed by atoms with Crippen LogP contribution in [0, 0.1) is 0 Å². The van der Waals surface area contributed by atoms with E-state index in [1.165, 1.54) is 0 Å². The van der Waals surface area contributed by atoms with E-state index in [1.807, 2.05) is 37.5 Å². The minimum Gasteiger partial charge on any atom is -0.350 e. The lowest BCUT2D eigenvalue weighted by atomic mass is 10.1. The van der Waals surface area contributed by atoms with Gasteiger partial charge in [-0.25, -0.2) is 0 Å². The molecule has 1 N–H and O–H groups in total. The maximum Gasteiger partial charge on any atom is 0.267 e. The van der Waals surface area contributed by atoms with Crippen molar-refractivity contribution in [3.63, 3.8) is 0 Å². The van der Waals surface area contributed by atoms with Gasteiger partial charge in [-0.05, 0) is 36.2 Å². The number of hydrogen-bond acceptors (Lipinski definition) is 2. The molecule has 0 spiro atoms. The number of carbonyl (C=O) groups excluding carboxylic acids is 2. The monoisotopic (exact) mass is 299 g/mol. The third-order valence-corrected chi connectivity index (χ3v) is 3.46. The van der Waals surface area contributed by atoms with E-state index in [-0.39, 0.29) is 11.8 Å². The van der Waals surface area contributed by atoms with Crippen molar-refractivity contribution in [1.29, 1.82) is 0 Å². The van der Waals surface area contributed by atoms with Crippen molar-refractivity contribution in [2.24, 2.45) is 7.05 Å². The van der Waals surface area contributed by atoms with Crippen LogP contribution in [-0.2, 0) is 13.5 Å². The van der Waals surface area contributed by atoms with Gasteiger partial charge in [0.1, 0.15) is 5.69 Å². The quantitative estimate of drug-likeness (QED) is 0.913. The average Bonchev–Trinajstić information content (AvgIpc) is 2.93. The summed E-state index contributed by atoms with van der Waals surface area (Å²) in [6.07, 6.45) is 2.52. The lowest BCUT2D eigenvalue weighted by Gasteiger charge is -2.11. The topological polar surface area (TPSA) is 54.3 Å². The van der Waals surface area contributed by atoms with Gasteiger partial charge in [0.2, 0.25) is 0 Å². The van der Waals surface area contributed by atoms with Gasteiger partial charge in [-0.3, -0.25) is 9.59 Å². The van der Waals surface area contributed by atoms with Gasteiger partial charge >= 0.3 is 0 Å². The van der Waals surface area contributed by atoms with Crippen LogP contribution in [0.25, 0.3) is 0 Å². The number of aryl methyl sites for hydroxylation is 1. The highest BCUT2D eigenvalue weighted by molar-refractivity contribution is 5.94. The maximum absolute atomic E-state index is 12.0. The molecule has 0 saturated carbocycles. The molecule has 0 saturated heterocycles. The van der Waals surface area contributed by atoms with Crippen molar-refractivity contribution in [2.75, 3.05) is 20.6 Å². The summed E-state index contributed by atoms with van der Waals surface area (Å²) in [5.74, 6) is -0.109. The SMILES string of the molecule is CN(C)C(=O)c1cccc(CCNC(=O)c2cccn2C)c1. The summed E-state index contributed by atoms with van der Waals surface area (Å²) in [6.45, 7) is 0.531. The summed E-state index contributed by atoms with van der Waals surface area (Å²) in [7, 11) is 5.30. The van der Waals surface area contributed by atoms with Crippen LogP contribution in [0.2, 0.25) is 0 Å². The molecule has 116 valence electrons. The lowest BCUT2D eigenvalue weighted by molar-refractivity contribution is 0.0827. The first-order valence-electron chi connectivity index (χ1n) is 7.19. The number of amides is 2. The standard InChI is InChI=1S/C17H21N3O2/c1-19(2)17(22)14-7-4-6-13(12-14)9-10-18-16(21)15-8-5-11-20(15)3/h4-8,11-12H,9-10H2,1-3H3,(H,18,21). The van der Waals surface area contributed by atoms with Gasteiger partial charge in [-0.2, -0.15) is 0 Å². The van der Waals surface area contributed by atoms with Crippen molar-refractivity contribution >= 4 is 11.8 Å². The normalized spacial score (nSPS) is 10.3. The molecule has 1 aromatic heterocycles. The molecule has 2 rings (SSSR count). The van der Waals surface area contributed by atoms with E-state index in [2.05, 4.69) is 5.32 Å².